The number of rotatable bonds is 0. The fraction of sp³-hybridized carbons (Fsp3) is 1.00. The van der Waals surface area contributed by atoms with Crippen molar-refractivity contribution in [1.29, 1.82) is 0 Å². The van der Waals surface area contributed by atoms with E-state index < -0.39 is 10.4 Å². The molecular weight excluding hydrogens is 174 g/mol. The van der Waals surface area contributed by atoms with Crippen molar-refractivity contribution in [2.45, 2.75) is 0 Å². The molecule has 72 valence electrons. The van der Waals surface area contributed by atoms with Crippen LogP contribution in [0.2, 0.25) is 0 Å². The molecule has 0 saturated carbocycles. The molecule has 0 fully saturated rings. The summed E-state index contributed by atoms with van der Waals surface area (Å²) in [4.78, 5) is 0. The molecule has 0 amide bonds. The molecule has 0 saturated heterocycles. The van der Waals surface area contributed by atoms with Crippen molar-refractivity contribution in [3.8, 4) is 0 Å². The highest BCUT2D eigenvalue weighted by molar-refractivity contribution is 7.79. The third kappa shape index (κ3) is 13500. The monoisotopic (exact) mass is 189 g/mol. The largest absolute Gasteiger partial charge is 0.726 e. The van der Waals surface area contributed by atoms with Gasteiger partial charge in [-0.3, -0.25) is 4.55 Å². The van der Waals surface area contributed by atoms with Gasteiger partial charge in [-0.2, -0.15) is 0 Å². The van der Waals surface area contributed by atoms with Gasteiger partial charge in [0.25, 0.3) is 0 Å². The van der Waals surface area contributed by atoms with Crippen LogP contribution < -0.4 is 0 Å². The number of hydrogen-bond acceptors (Lipinski definition) is 3. The lowest BCUT2D eigenvalue weighted by Gasteiger charge is -2.14. The van der Waals surface area contributed by atoms with Crippen LogP contribution in [-0.2, 0) is 10.4 Å². The molecule has 11 heavy (non-hydrogen) atoms. The van der Waals surface area contributed by atoms with Crippen LogP contribution in [0.25, 0.3) is 0 Å². The molecule has 6 nitrogen and oxygen atoms in total. The third-order valence-corrected chi connectivity index (χ3v) is 0. The zero-order valence-corrected chi connectivity index (χ0v) is 7.84. The molecule has 0 spiro atoms. The highest BCUT2D eigenvalue weighted by Crippen LogP contribution is 1.73. The summed E-state index contributed by atoms with van der Waals surface area (Å²) >= 11 is 0. The van der Waals surface area contributed by atoms with Crippen LogP contribution in [0.1, 0.15) is 0 Å². The van der Waals surface area contributed by atoms with E-state index in [1.807, 2.05) is 0 Å². The van der Waals surface area contributed by atoms with E-state index >= 15 is 0 Å². The zero-order valence-electron chi connectivity index (χ0n) is 7.03. The minimum atomic E-state index is -4.92. The van der Waals surface area contributed by atoms with Crippen LogP contribution in [0.5, 0.6) is 0 Å². The van der Waals surface area contributed by atoms with Crippen LogP contribution in [0.15, 0.2) is 0 Å². The molecule has 0 aliphatic carbocycles. The van der Waals surface area contributed by atoms with E-state index in [1.54, 1.807) is 0 Å². The standard InChI is InChI=1S/C4H12N.H2O4S.H2O/c2*1-5(2,3)4;/h1-4H3;(H2,1,2,3,4);1H2/q+1;;/p-1. The molecule has 0 aromatic heterocycles. The molecule has 0 aromatic rings. The Hall–Kier alpha value is -0.210. The summed E-state index contributed by atoms with van der Waals surface area (Å²) in [7, 11) is 3.58. The van der Waals surface area contributed by atoms with Crippen molar-refractivity contribution >= 4 is 10.4 Å². The van der Waals surface area contributed by atoms with E-state index in [0.717, 1.165) is 4.48 Å². The predicted molar refractivity (Wildman–Crippen MR) is 39.9 cm³/mol. The molecule has 0 aliphatic heterocycles. The Bertz CT molecular complexity index is 153. The van der Waals surface area contributed by atoms with Gasteiger partial charge in [-0.15, -0.1) is 0 Å². The van der Waals surface area contributed by atoms with Crippen molar-refractivity contribution in [3.63, 3.8) is 0 Å². The molecule has 0 aliphatic rings. The first-order chi connectivity index (χ1) is 4.00. The summed E-state index contributed by atoms with van der Waals surface area (Å²) in [6.07, 6.45) is 0. The summed E-state index contributed by atoms with van der Waals surface area (Å²) in [6, 6.07) is 0. The maximum absolute atomic E-state index is 8.63. The molecule has 3 N–H and O–H groups in total. The van der Waals surface area contributed by atoms with Crippen molar-refractivity contribution in [1.82, 2.24) is 0 Å². The van der Waals surface area contributed by atoms with Crippen molar-refractivity contribution in [2.75, 3.05) is 28.2 Å². The minimum absolute atomic E-state index is 0. The summed E-state index contributed by atoms with van der Waals surface area (Å²) in [5, 5.41) is 0. The second kappa shape index (κ2) is 5.44. The number of hydrogen-bond donors (Lipinski definition) is 1. The third-order valence-electron chi connectivity index (χ3n) is 0. The summed E-state index contributed by atoms with van der Waals surface area (Å²) in [6.45, 7) is 0. The summed E-state index contributed by atoms with van der Waals surface area (Å²) in [5.74, 6) is 0. The number of nitrogens with zero attached hydrogens (tertiary/aromatic N) is 1. The van der Waals surface area contributed by atoms with Gasteiger partial charge in [0.1, 0.15) is 0 Å². The first-order valence-electron chi connectivity index (χ1n) is 2.47. The Labute approximate surface area is 66.9 Å². The van der Waals surface area contributed by atoms with Crippen LogP contribution in [0.4, 0.5) is 0 Å². The molecule has 0 radical (unpaired) electrons. The molecule has 0 aromatic carbocycles. The Balaban J connectivity index is -0.000000107. The summed E-state index contributed by atoms with van der Waals surface area (Å²) in [5.41, 5.74) is 0. The van der Waals surface area contributed by atoms with E-state index in [1.165, 1.54) is 0 Å². The lowest BCUT2D eigenvalue weighted by atomic mass is 10.8. The maximum Gasteiger partial charge on any atom is 0.215 e. The number of quaternary nitrogens is 1. The van der Waals surface area contributed by atoms with Gasteiger partial charge in [0.2, 0.25) is 10.4 Å². The average Bonchev–Trinajstić information content (AvgIpc) is 1.12. The maximum atomic E-state index is 8.63. The first-order valence-corrected chi connectivity index (χ1v) is 3.84. The molecule has 0 unspecified atom stereocenters. The van der Waals surface area contributed by atoms with E-state index in [4.69, 9.17) is 17.5 Å². The highest BCUT2D eigenvalue weighted by atomic mass is 32.3. The van der Waals surface area contributed by atoms with Gasteiger partial charge in [0.15, 0.2) is 0 Å². The van der Waals surface area contributed by atoms with Crippen molar-refractivity contribution in [2.24, 2.45) is 0 Å². The van der Waals surface area contributed by atoms with E-state index in [2.05, 4.69) is 28.2 Å². The zero-order chi connectivity index (χ0) is 9.00. The normalized spacial score (nSPS) is 10.7. The van der Waals surface area contributed by atoms with Gasteiger partial charge >= 0.3 is 0 Å². The molecule has 0 atom stereocenters. The molecule has 0 bridgehead atoms. The Kier molecular flexibility index (Phi) is 8.43. The topological polar surface area (TPSA) is 109 Å². The Morgan fingerprint density at radius 1 is 1.18 bits per heavy atom. The van der Waals surface area contributed by atoms with Gasteiger partial charge in [-0.05, 0) is 0 Å². The molecule has 0 heterocycles. The fourth-order valence-corrected chi connectivity index (χ4v) is 0. The average molecular weight is 189 g/mol. The Morgan fingerprint density at radius 2 is 1.18 bits per heavy atom. The first kappa shape index (κ1) is 17.0. The van der Waals surface area contributed by atoms with E-state index in [9.17, 15) is 0 Å². The van der Waals surface area contributed by atoms with Crippen LogP contribution >= 0.6 is 0 Å². The predicted octanol–water partition coefficient (Wildman–Crippen LogP) is -1.50. The van der Waals surface area contributed by atoms with Crippen molar-refractivity contribution < 1.29 is 27.5 Å². The second-order valence-electron chi connectivity index (χ2n) is 3.11. The van der Waals surface area contributed by atoms with E-state index in [-0.39, 0.29) is 5.48 Å². The van der Waals surface area contributed by atoms with Gasteiger partial charge in [0.05, 0.1) is 28.2 Å². The quantitative estimate of drug-likeness (QED) is 0.284. The van der Waals surface area contributed by atoms with Gasteiger partial charge in [-0.25, -0.2) is 8.42 Å². The second-order valence-corrected chi connectivity index (χ2v) is 3.97. The highest BCUT2D eigenvalue weighted by Gasteiger charge is 1.88. The molecular formula is C4H15NO5S. The van der Waals surface area contributed by atoms with Crippen LogP contribution in [-0.4, -0.2) is 55.7 Å². The molecule has 7 heteroatoms. The van der Waals surface area contributed by atoms with Gasteiger partial charge in [-0.1, -0.05) is 0 Å². The van der Waals surface area contributed by atoms with Crippen LogP contribution in [0.3, 0.4) is 0 Å². The molecule has 0 rings (SSSR count). The van der Waals surface area contributed by atoms with Crippen molar-refractivity contribution in [3.05, 3.63) is 0 Å². The minimum Gasteiger partial charge on any atom is -0.726 e. The van der Waals surface area contributed by atoms with Gasteiger partial charge < -0.3 is 14.5 Å². The smallest absolute Gasteiger partial charge is 0.215 e. The lowest BCUT2D eigenvalue weighted by Crippen LogP contribution is -2.27. The Morgan fingerprint density at radius 3 is 1.18 bits per heavy atom. The van der Waals surface area contributed by atoms with Crippen LogP contribution in [0, 0.1) is 0 Å². The van der Waals surface area contributed by atoms with E-state index in [0.29, 0.717) is 0 Å². The van der Waals surface area contributed by atoms with Gasteiger partial charge in [0, 0.05) is 0 Å². The summed E-state index contributed by atoms with van der Waals surface area (Å²) < 4.78 is 33.8. The fourth-order valence-electron chi connectivity index (χ4n) is 0. The SMILES string of the molecule is C[N+](C)(C)C.O.O=S(=O)([O-])O. The lowest BCUT2D eigenvalue weighted by molar-refractivity contribution is -0.849.